The van der Waals surface area contributed by atoms with E-state index in [1.165, 1.54) is 23.8 Å². The van der Waals surface area contributed by atoms with Crippen LogP contribution in [0.25, 0.3) is 0 Å². The fourth-order valence-corrected chi connectivity index (χ4v) is 4.45. The zero-order valence-electron chi connectivity index (χ0n) is 16.8. The molecule has 1 aliphatic carbocycles. The Morgan fingerprint density at radius 1 is 1.12 bits per heavy atom. The highest BCUT2D eigenvalue weighted by atomic mass is 32.2. The maximum absolute atomic E-state index is 13.1. The number of amidine groups is 1. The van der Waals surface area contributed by atoms with E-state index >= 15 is 0 Å². The number of benzene rings is 2. The van der Waals surface area contributed by atoms with Crippen molar-refractivity contribution >= 4 is 40.1 Å². The first-order valence-electron chi connectivity index (χ1n) is 9.94. The highest BCUT2D eigenvalue weighted by molar-refractivity contribution is 8.15. The normalized spacial score (nSPS) is 20.8. The molecule has 0 fully saturated rings. The Bertz CT molecular complexity index is 1130. The molecule has 10 heteroatoms. The van der Waals surface area contributed by atoms with Crippen LogP contribution >= 0.6 is 11.8 Å². The van der Waals surface area contributed by atoms with Gasteiger partial charge in [-0.1, -0.05) is 48.2 Å². The summed E-state index contributed by atoms with van der Waals surface area (Å²) in [5.41, 5.74) is 1.81. The first-order chi connectivity index (χ1) is 15.3. The van der Waals surface area contributed by atoms with Gasteiger partial charge in [0.15, 0.2) is 0 Å². The molecule has 0 bridgehead atoms. The number of aliphatic hydroxyl groups is 1. The maximum Gasteiger partial charge on any atom is 0.418 e. The lowest BCUT2D eigenvalue weighted by Gasteiger charge is -2.16. The van der Waals surface area contributed by atoms with Gasteiger partial charge in [-0.25, -0.2) is 0 Å². The number of amides is 1. The number of carbonyl (C=O) groups is 1. The lowest BCUT2D eigenvalue weighted by atomic mass is 9.90. The quantitative estimate of drug-likeness (QED) is 0.615. The van der Waals surface area contributed by atoms with Crippen molar-refractivity contribution in [3.05, 3.63) is 65.2 Å². The molecule has 166 valence electrons. The monoisotopic (exact) mass is 460 g/mol. The first-order valence-corrected chi connectivity index (χ1v) is 10.8. The van der Waals surface area contributed by atoms with E-state index in [-0.39, 0.29) is 23.2 Å². The van der Waals surface area contributed by atoms with Crippen molar-refractivity contribution in [1.82, 2.24) is 0 Å². The zero-order valence-corrected chi connectivity index (χ0v) is 17.6. The molecule has 0 spiro atoms. The fourth-order valence-electron chi connectivity index (χ4n) is 3.57. The summed E-state index contributed by atoms with van der Waals surface area (Å²) in [5, 5.41) is 20.2. The van der Waals surface area contributed by atoms with Crippen LogP contribution in [0.3, 0.4) is 0 Å². The van der Waals surface area contributed by atoms with Crippen molar-refractivity contribution in [2.75, 3.05) is 5.32 Å². The molecule has 1 amide bonds. The van der Waals surface area contributed by atoms with Gasteiger partial charge in [0.1, 0.15) is 0 Å². The number of rotatable bonds is 4. The topological polar surface area (TPSA) is 86.4 Å². The lowest BCUT2D eigenvalue weighted by Crippen LogP contribution is -2.23. The van der Waals surface area contributed by atoms with E-state index in [1.807, 2.05) is 18.2 Å². The second-order valence-electron chi connectivity index (χ2n) is 7.31. The van der Waals surface area contributed by atoms with Crippen molar-refractivity contribution < 1.29 is 23.1 Å². The average molecular weight is 460 g/mol. The molecule has 1 atom stereocenters. The number of para-hydroxylation sites is 1. The van der Waals surface area contributed by atoms with Crippen LogP contribution in [-0.4, -0.2) is 33.0 Å². The third-order valence-electron chi connectivity index (χ3n) is 5.07. The number of fused-ring (bicyclic) bond motifs is 1. The van der Waals surface area contributed by atoms with Gasteiger partial charge in [0.25, 0.3) is 0 Å². The number of aliphatic imine (C=N–C) groups is 1. The molecule has 1 heterocycles. The third-order valence-corrected chi connectivity index (χ3v) is 6.11. The Labute approximate surface area is 186 Å². The minimum Gasteiger partial charge on any atom is -0.495 e. The molecular formula is C22H19F3N4O2S. The Morgan fingerprint density at radius 2 is 1.88 bits per heavy atom. The molecule has 2 aromatic rings. The number of aryl methyl sites for hydroxylation is 1. The number of alkyl halides is 3. The molecule has 0 aromatic heterocycles. The van der Waals surface area contributed by atoms with Crippen LogP contribution in [0.15, 0.2) is 63.7 Å². The molecule has 0 saturated heterocycles. The van der Waals surface area contributed by atoms with Gasteiger partial charge in [-0.3, -0.25) is 4.79 Å². The van der Waals surface area contributed by atoms with Gasteiger partial charge in [0.05, 0.1) is 22.2 Å². The number of thioether (sulfide) groups is 1. The predicted octanol–water partition coefficient (Wildman–Crippen LogP) is 5.20. The van der Waals surface area contributed by atoms with E-state index in [2.05, 4.69) is 26.6 Å². The zero-order chi connectivity index (χ0) is 22.7. The number of carbonyl (C=O) groups excluding carboxylic acids is 1. The summed E-state index contributed by atoms with van der Waals surface area (Å²) in [6.45, 7) is 0. The molecule has 2 aliphatic rings. The van der Waals surface area contributed by atoms with Crippen LogP contribution in [-0.2, 0) is 17.4 Å². The summed E-state index contributed by atoms with van der Waals surface area (Å²) < 4.78 is 39.3. The molecule has 2 N–H and O–H groups in total. The summed E-state index contributed by atoms with van der Waals surface area (Å²) >= 11 is 1.04. The van der Waals surface area contributed by atoms with Gasteiger partial charge in [0.2, 0.25) is 17.0 Å². The van der Waals surface area contributed by atoms with Crippen molar-refractivity contribution in [3.63, 3.8) is 0 Å². The van der Waals surface area contributed by atoms with Crippen molar-refractivity contribution in [2.24, 2.45) is 15.2 Å². The van der Waals surface area contributed by atoms with Gasteiger partial charge >= 0.3 is 6.18 Å². The third kappa shape index (κ3) is 5.01. The lowest BCUT2D eigenvalue weighted by molar-refractivity contribution is -0.137. The summed E-state index contributed by atoms with van der Waals surface area (Å²) in [6.07, 6.45) is -2.13. The van der Waals surface area contributed by atoms with Crippen LogP contribution in [0.4, 0.5) is 18.9 Å². The molecule has 2 aromatic carbocycles. The standard InChI is InChI=1S/C22H19F3N4O2S/c23-22(24,25)15-9-3-4-10-17(15)26-19(30)12-18-20(31)27-21(32-18)29-28-16-11-5-7-13-6-1-2-8-14(13)16/h1-4,6,8-10,18H,5,7,11-12H2,(H,26,30)(H,27,29,31)/b28-16+. The minimum atomic E-state index is -4.59. The van der Waals surface area contributed by atoms with Crippen molar-refractivity contribution in [2.45, 2.75) is 37.1 Å². The van der Waals surface area contributed by atoms with Gasteiger partial charge in [-0.2, -0.15) is 23.3 Å². The Morgan fingerprint density at radius 3 is 2.69 bits per heavy atom. The van der Waals surface area contributed by atoms with Crippen molar-refractivity contribution in [3.8, 4) is 0 Å². The molecular weight excluding hydrogens is 441 g/mol. The SMILES string of the molecule is O=C(CC1S/C(=N\N=C2/CCCc3ccccc32)N=C1O)Nc1ccccc1C(F)(F)F. The van der Waals surface area contributed by atoms with E-state index in [4.69, 9.17) is 0 Å². The average Bonchev–Trinajstić information content (AvgIpc) is 3.10. The fraction of sp³-hybridized carbons (Fsp3) is 0.273. The minimum absolute atomic E-state index is 0.201. The number of hydrogen-bond acceptors (Lipinski definition) is 4. The van der Waals surface area contributed by atoms with Crippen LogP contribution in [0.2, 0.25) is 0 Å². The highest BCUT2D eigenvalue weighted by Crippen LogP contribution is 2.35. The summed E-state index contributed by atoms with van der Waals surface area (Å²) in [6, 6.07) is 12.7. The summed E-state index contributed by atoms with van der Waals surface area (Å²) in [4.78, 5) is 16.3. The first kappa shape index (κ1) is 22.1. The van der Waals surface area contributed by atoms with Crippen LogP contribution in [0, 0.1) is 0 Å². The number of halogens is 3. The second-order valence-corrected chi connectivity index (χ2v) is 8.48. The van der Waals surface area contributed by atoms with E-state index in [9.17, 15) is 23.1 Å². The Balaban J connectivity index is 1.42. The van der Waals surface area contributed by atoms with Crippen LogP contribution in [0.1, 0.15) is 36.0 Å². The number of anilines is 1. The number of nitrogens with one attached hydrogen (secondary N) is 1. The van der Waals surface area contributed by atoms with E-state index in [1.54, 1.807) is 0 Å². The van der Waals surface area contributed by atoms with E-state index in [0.29, 0.717) is 0 Å². The maximum atomic E-state index is 13.1. The number of hydrogen-bond donors (Lipinski definition) is 2. The molecule has 4 rings (SSSR count). The highest BCUT2D eigenvalue weighted by Gasteiger charge is 2.34. The molecule has 32 heavy (non-hydrogen) atoms. The van der Waals surface area contributed by atoms with E-state index in [0.717, 1.165) is 48.4 Å². The predicted molar refractivity (Wildman–Crippen MR) is 119 cm³/mol. The molecule has 0 radical (unpaired) electrons. The van der Waals surface area contributed by atoms with E-state index < -0.39 is 22.9 Å². The Kier molecular flexibility index (Phi) is 6.31. The smallest absolute Gasteiger partial charge is 0.418 e. The number of nitrogens with zero attached hydrogens (tertiary/aromatic N) is 3. The molecule has 1 unspecified atom stereocenters. The van der Waals surface area contributed by atoms with Gasteiger partial charge in [-0.05, 0) is 37.0 Å². The number of aliphatic hydroxyl groups excluding tert-OH is 1. The molecule has 0 saturated carbocycles. The second kappa shape index (κ2) is 9.15. The van der Waals surface area contributed by atoms with Gasteiger partial charge in [0, 0.05) is 12.0 Å². The Hall–Kier alpha value is -3.14. The van der Waals surface area contributed by atoms with Crippen LogP contribution in [0.5, 0.6) is 0 Å². The molecule has 1 aliphatic heterocycles. The van der Waals surface area contributed by atoms with Gasteiger partial charge < -0.3 is 10.4 Å². The van der Waals surface area contributed by atoms with Crippen molar-refractivity contribution in [1.29, 1.82) is 0 Å². The largest absolute Gasteiger partial charge is 0.495 e. The summed E-state index contributed by atoms with van der Waals surface area (Å²) in [7, 11) is 0. The molecule has 6 nitrogen and oxygen atoms in total. The van der Waals surface area contributed by atoms with Crippen LogP contribution < -0.4 is 5.32 Å². The summed E-state index contributed by atoms with van der Waals surface area (Å²) in [5.74, 6) is -0.980. The van der Waals surface area contributed by atoms with Gasteiger partial charge in [-0.15, -0.1) is 5.10 Å².